The number of nitrogens with zero attached hydrogens (tertiary/aromatic N) is 4. The van der Waals surface area contributed by atoms with Gasteiger partial charge in [0.05, 0.1) is 26.5 Å². The van der Waals surface area contributed by atoms with Crippen LogP contribution in [0.2, 0.25) is 0 Å². The fourth-order valence-corrected chi connectivity index (χ4v) is 3.81. The van der Waals surface area contributed by atoms with Gasteiger partial charge in [-0.15, -0.1) is 10.2 Å². The van der Waals surface area contributed by atoms with Gasteiger partial charge in [0.2, 0.25) is 11.8 Å². The predicted molar refractivity (Wildman–Crippen MR) is 119 cm³/mol. The zero-order valence-corrected chi connectivity index (χ0v) is 18.9. The molecule has 0 radical (unpaired) electrons. The molecule has 0 unspecified atom stereocenters. The number of carbonyl (C=O) groups excluding carboxylic acids is 1. The Labute approximate surface area is 186 Å². The number of hydrogen-bond acceptors (Lipinski definition) is 7. The molecule has 1 atom stereocenters. The molecule has 1 aromatic carbocycles. The molecule has 32 heavy (non-hydrogen) atoms. The highest BCUT2D eigenvalue weighted by Gasteiger charge is 2.33. The predicted octanol–water partition coefficient (Wildman–Crippen LogP) is 3.50. The summed E-state index contributed by atoms with van der Waals surface area (Å²) in [5.74, 6) is 2.93. The highest BCUT2D eigenvalue weighted by atomic mass is 16.5. The molecule has 1 amide bonds. The maximum atomic E-state index is 12.7. The van der Waals surface area contributed by atoms with Crippen LogP contribution in [-0.4, -0.2) is 46.7 Å². The molecule has 0 saturated heterocycles. The van der Waals surface area contributed by atoms with Crippen molar-refractivity contribution >= 4 is 11.7 Å². The van der Waals surface area contributed by atoms with Gasteiger partial charge in [-0.3, -0.25) is 4.79 Å². The van der Waals surface area contributed by atoms with Gasteiger partial charge in [-0.1, -0.05) is 19.9 Å². The van der Waals surface area contributed by atoms with Gasteiger partial charge in [-0.05, 0) is 36.6 Å². The first kappa shape index (κ1) is 21.6. The van der Waals surface area contributed by atoms with Crippen molar-refractivity contribution in [1.29, 1.82) is 0 Å². The van der Waals surface area contributed by atoms with Gasteiger partial charge in [-0.25, -0.2) is 0 Å². The fraction of sp³-hybridized carbons (Fsp3) is 0.391. The van der Waals surface area contributed by atoms with Crippen LogP contribution in [0.4, 0.5) is 5.82 Å². The molecule has 9 heteroatoms. The lowest BCUT2D eigenvalue weighted by molar-refractivity contribution is -0.116. The molecule has 0 fully saturated rings. The van der Waals surface area contributed by atoms with Crippen molar-refractivity contribution in [3.8, 4) is 23.2 Å². The van der Waals surface area contributed by atoms with E-state index in [-0.39, 0.29) is 11.8 Å². The third kappa shape index (κ3) is 4.10. The van der Waals surface area contributed by atoms with Gasteiger partial charge in [0.25, 0.3) is 0 Å². The first-order chi connectivity index (χ1) is 15.4. The van der Waals surface area contributed by atoms with Crippen LogP contribution >= 0.6 is 0 Å². The Balaban J connectivity index is 1.76. The minimum Gasteiger partial charge on any atom is -0.493 e. The van der Waals surface area contributed by atoms with Crippen molar-refractivity contribution in [3.63, 3.8) is 0 Å². The summed E-state index contributed by atoms with van der Waals surface area (Å²) >= 11 is 0. The highest BCUT2D eigenvalue weighted by Crippen LogP contribution is 2.42. The molecule has 3 heterocycles. The molecule has 1 aliphatic rings. The van der Waals surface area contributed by atoms with Crippen LogP contribution in [0.3, 0.4) is 0 Å². The summed E-state index contributed by atoms with van der Waals surface area (Å²) in [5, 5.41) is 15.8. The average Bonchev–Trinajstić information content (AvgIpc) is 3.13. The molecule has 0 bridgehead atoms. The third-order valence-electron chi connectivity index (χ3n) is 5.32. The molecule has 9 nitrogen and oxygen atoms in total. The Morgan fingerprint density at radius 2 is 1.94 bits per heavy atom. The molecule has 4 rings (SSSR count). The Kier molecular flexibility index (Phi) is 5.98. The van der Waals surface area contributed by atoms with Gasteiger partial charge >= 0.3 is 0 Å². The molecule has 0 aliphatic carbocycles. The minimum atomic E-state index is -0.175. The Morgan fingerprint density at radius 3 is 2.59 bits per heavy atom. The van der Waals surface area contributed by atoms with Crippen LogP contribution in [0.25, 0.3) is 5.82 Å². The van der Waals surface area contributed by atoms with E-state index in [4.69, 9.17) is 14.2 Å². The summed E-state index contributed by atoms with van der Waals surface area (Å²) in [7, 11) is 3.15. The number of ether oxygens (including phenoxy) is 3. The Hall–Kier alpha value is -3.62. The normalized spacial score (nSPS) is 15.3. The van der Waals surface area contributed by atoms with Crippen molar-refractivity contribution in [2.75, 3.05) is 26.1 Å². The quantitative estimate of drug-likeness (QED) is 0.604. The second kappa shape index (κ2) is 8.86. The lowest BCUT2D eigenvalue weighted by atomic mass is 9.85. The second-order valence-electron chi connectivity index (χ2n) is 8.11. The van der Waals surface area contributed by atoms with Crippen LogP contribution in [0.1, 0.15) is 43.0 Å². The lowest BCUT2D eigenvalue weighted by Gasteiger charge is -2.25. The highest BCUT2D eigenvalue weighted by molar-refractivity contribution is 5.95. The number of rotatable bonds is 7. The topological polar surface area (TPSA) is 100 Å². The molecule has 0 saturated carbocycles. The van der Waals surface area contributed by atoms with E-state index in [2.05, 4.69) is 34.5 Å². The largest absolute Gasteiger partial charge is 0.493 e. The van der Waals surface area contributed by atoms with Gasteiger partial charge in [0.1, 0.15) is 5.82 Å². The number of nitrogens with one attached hydrogen (secondary N) is 1. The average molecular weight is 438 g/mol. The van der Waals surface area contributed by atoms with E-state index in [1.54, 1.807) is 23.9 Å². The number of anilines is 1. The molecule has 3 aromatic rings. The number of fused-ring (bicyclic) bond motifs is 1. The maximum absolute atomic E-state index is 12.7. The number of aryl methyl sites for hydroxylation is 1. The first-order valence-electron chi connectivity index (χ1n) is 10.5. The number of hydrogen-bond donors (Lipinski definition) is 1. The van der Waals surface area contributed by atoms with Crippen molar-refractivity contribution in [2.24, 2.45) is 5.92 Å². The molecule has 1 aliphatic heterocycles. The number of carbonyl (C=O) groups is 1. The van der Waals surface area contributed by atoms with Crippen LogP contribution in [-0.2, 0) is 4.79 Å². The number of benzene rings is 1. The molecule has 168 valence electrons. The zero-order chi connectivity index (χ0) is 22.8. The summed E-state index contributed by atoms with van der Waals surface area (Å²) in [6.07, 6.45) is 0.309. The third-order valence-corrected chi connectivity index (χ3v) is 5.32. The van der Waals surface area contributed by atoms with E-state index in [1.807, 2.05) is 25.1 Å². The molecule has 2 aromatic heterocycles. The number of amides is 1. The minimum absolute atomic E-state index is 0.0920. The summed E-state index contributed by atoms with van der Waals surface area (Å²) < 4.78 is 18.2. The summed E-state index contributed by atoms with van der Waals surface area (Å²) in [5.41, 5.74) is 2.72. The van der Waals surface area contributed by atoms with Crippen LogP contribution in [0.15, 0.2) is 30.3 Å². The first-order valence-corrected chi connectivity index (χ1v) is 10.5. The van der Waals surface area contributed by atoms with Crippen LogP contribution < -0.4 is 19.5 Å². The summed E-state index contributed by atoms with van der Waals surface area (Å²) in [4.78, 5) is 12.7. The van der Waals surface area contributed by atoms with Gasteiger partial charge in [-0.2, -0.15) is 9.78 Å². The zero-order valence-electron chi connectivity index (χ0n) is 18.9. The van der Waals surface area contributed by atoms with E-state index < -0.39 is 0 Å². The van der Waals surface area contributed by atoms with Gasteiger partial charge < -0.3 is 19.5 Å². The molecular weight excluding hydrogens is 410 g/mol. The lowest BCUT2D eigenvalue weighted by Crippen LogP contribution is -2.25. The maximum Gasteiger partial charge on any atom is 0.233 e. The Morgan fingerprint density at radius 1 is 1.12 bits per heavy atom. The SMILES string of the molecule is COc1ccc(-n2nc(C)c3c2NC(=O)C[C@@H]3c2ccc(OC)c(OCC(C)C)c2)nn1. The van der Waals surface area contributed by atoms with Crippen molar-refractivity contribution < 1.29 is 19.0 Å². The van der Waals surface area contributed by atoms with Crippen LogP contribution in [0.5, 0.6) is 17.4 Å². The number of aromatic nitrogens is 4. The number of methoxy groups -OCH3 is 2. The van der Waals surface area contributed by atoms with E-state index >= 15 is 0 Å². The van der Waals surface area contributed by atoms with Crippen molar-refractivity contribution in [2.45, 2.75) is 33.1 Å². The van der Waals surface area contributed by atoms with Crippen molar-refractivity contribution in [3.05, 3.63) is 47.2 Å². The van der Waals surface area contributed by atoms with E-state index in [0.29, 0.717) is 48.0 Å². The van der Waals surface area contributed by atoms with E-state index in [9.17, 15) is 4.79 Å². The van der Waals surface area contributed by atoms with E-state index in [1.165, 1.54) is 7.11 Å². The standard InChI is InChI=1S/C23H27N5O4/c1-13(2)12-32-18-10-15(6-7-17(18)30-4)16-11-20(29)24-23-22(16)14(3)27-28(23)19-8-9-21(31-5)26-25-19/h6-10,13,16H,11-12H2,1-5H3,(H,24,29)/t16-/m1/s1. The van der Waals surface area contributed by atoms with Crippen LogP contribution in [0, 0.1) is 12.8 Å². The van der Waals surface area contributed by atoms with E-state index in [0.717, 1.165) is 16.8 Å². The fourth-order valence-electron chi connectivity index (χ4n) is 3.81. The van der Waals surface area contributed by atoms with Crippen molar-refractivity contribution in [1.82, 2.24) is 20.0 Å². The Bertz CT molecular complexity index is 1120. The van der Waals surface area contributed by atoms with Gasteiger partial charge in [0, 0.05) is 24.0 Å². The molecular formula is C23H27N5O4. The summed E-state index contributed by atoms with van der Waals surface area (Å²) in [6.45, 7) is 6.68. The summed E-state index contributed by atoms with van der Waals surface area (Å²) in [6, 6.07) is 9.26. The molecule has 0 spiro atoms. The molecule has 1 N–H and O–H groups in total. The van der Waals surface area contributed by atoms with Gasteiger partial charge in [0.15, 0.2) is 17.3 Å². The smallest absolute Gasteiger partial charge is 0.233 e. The monoisotopic (exact) mass is 437 g/mol. The second-order valence-corrected chi connectivity index (χ2v) is 8.11.